The molecule has 0 atom stereocenters. The van der Waals surface area contributed by atoms with Crippen molar-refractivity contribution in [3.8, 4) is 0 Å². The van der Waals surface area contributed by atoms with Crippen LogP contribution in [0.3, 0.4) is 0 Å². The molecule has 0 fully saturated rings. The summed E-state index contributed by atoms with van der Waals surface area (Å²) in [6.07, 6.45) is 2.21. The number of aryl methyl sites for hydroxylation is 2. The van der Waals surface area contributed by atoms with E-state index in [-0.39, 0.29) is 11.8 Å². The number of amides is 2. The number of benzene rings is 1. The van der Waals surface area contributed by atoms with Gasteiger partial charge in [-0.2, -0.15) is 5.10 Å². The molecule has 6 nitrogen and oxygen atoms in total. The minimum atomic E-state index is -0.124. The zero-order valence-corrected chi connectivity index (χ0v) is 12.1. The van der Waals surface area contributed by atoms with E-state index in [1.807, 2.05) is 19.2 Å². The lowest BCUT2D eigenvalue weighted by molar-refractivity contribution is -0.116. The summed E-state index contributed by atoms with van der Waals surface area (Å²) in [6, 6.07) is 8.89. The second kappa shape index (κ2) is 6.69. The number of hydrogen-bond acceptors (Lipinski definition) is 3. The van der Waals surface area contributed by atoms with Crippen LogP contribution in [0.5, 0.6) is 0 Å². The van der Waals surface area contributed by atoms with Gasteiger partial charge in [-0.25, -0.2) is 0 Å². The Bertz CT molecular complexity index is 631. The van der Waals surface area contributed by atoms with Crippen LogP contribution < -0.4 is 10.6 Å². The van der Waals surface area contributed by atoms with Crippen molar-refractivity contribution in [1.29, 1.82) is 0 Å². The molecule has 0 saturated carbocycles. The van der Waals surface area contributed by atoms with Gasteiger partial charge in [-0.15, -0.1) is 0 Å². The normalized spacial score (nSPS) is 10.2. The molecule has 0 radical (unpaired) electrons. The molecule has 110 valence electrons. The fourth-order valence-corrected chi connectivity index (χ4v) is 1.87. The van der Waals surface area contributed by atoms with Crippen molar-refractivity contribution < 1.29 is 9.59 Å². The summed E-state index contributed by atoms with van der Waals surface area (Å²) in [6.45, 7) is 3.91. The number of rotatable bonds is 5. The fraction of sp³-hybridized carbons (Fsp3) is 0.267. The minimum absolute atomic E-state index is 0.0737. The van der Waals surface area contributed by atoms with Crippen molar-refractivity contribution in [1.82, 2.24) is 9.78 Å². The maximum absolute atomic E-state index is 11.8. The van der Waals surface area contributed by atoms with Crippen molar-refractivity contribution in [3.63, 3.8) is 0 Å². The predicted molar refractivity (Wildman–Crippen MR) is 81.0 cm³/mol. The second-order valence-corrected chi connectivity index (χ2v) is 4.78. The molecule has 0 spiro atoms. The molecular weight excluding hydrogens is 268 g/mol. The summed E-state index contributed by atoms with van der Waals surface area (Å²) in [4.78, 5) is 22.7. The predicted octanol–water partition coefficient (Wildman–Crippen LogP) is 2.18. The van der Waals surface area contributed by atoms with Crippen LogP contribution in [0, 0.1) is 6.92 Å². The van der Waals surface area contributed by atoms with Gasteiger partial charge in [0, 0.05) is 37.5 Å². The molecule has 1 aromatic heterocycles. The number of nitrogens with zero attached hydrogens (tertiary/aromatic N) is 2. The van der Waals surface area contributed by atoms with E-state index in [4.69, 9.17) is 0 Å². The highest BCUT2D eigenvalue weighted by atomic mass is 16.2. The molecular formula is C15H18N4O2. The highest BCUT2D eigenvalue weighted by Crippen LogP contribution is 2.13. The standard InChI is InChI=1S/C15H18N4O2/c1-11-7-9-19(18-11)10-8-15(21)17-14-5-3-13(4-6-14)16-12(2)20/h3-7,9H,8,10H2,1-2H3,(H,16,20)(H,17,21). The summed E-state index contributed by atoms with van der Waals surface area (Å²) in [5, 5.41) is 9.70. The van der Waals surface area contributed by atoms with Crippen molar-refractivity contribution in [2.75, 3.05) is 10.6 Å². The quantitative estimate of drug-likeness (QED) is 0.884. The molecule has 2 rings (SSSR count). The summed E-state index contributed by atoms with van der Waals surface area (Å²) in [7, 11) is 0. The molecule has 1 heterocycles. The second-order valence-electron chi connectivity index (χ2n) is 4.78. The molecule has 2 N–H and O–H groups in total. The van der Waals surface area contributed by atoms with Gasteiger partial charge in [0.05, 0.1) is 5.69 Å². The van der Waals surface area contributed by atoms with E-state index in [9.17, 15) is 9.59 Å². The van der Waals surface area contributed by atoms with Crippen molar-refractivity contribution in [2.45, 2.75) is 26.8 Å². The van der Waals surface area contributed by atoms with E-state index < -0.39 is 0 Å². The summed E-state index contributed by atoms with van der Waals surface area (Å²) in [5.41, 5.74) is 2.34. The van der Waals surface area contributed by atoms with Gasteiger partial charge in [0.2, 0.25) is 11.8 Å². The SMILES string of the molecule is CC(=O)Nc1ccc(NC(=O)CCn2ccc(C)n2)cc1. The molecule has 0 unspecified atom stereocenters. The van der Waals surface area contributed by atoms with Crippen LogP contribution in [-0.2, 0) is 16.1 Å². The van der Waals surface area contributed by atoms with Gasteiger partial charge in [-0.1, -0.05) is 0 Å². The van der Waals surface area contributed by atoms with E-state index in [0.717, 1.165) is 5.69 Å². The molecule has 0 aliphatic carbocycles. The van der Waals surface area contributed by atoms with Gasteiger partial charge >= 0.3 is 0 Å². The Balaban J connectivity index is 1.83. The smallest absolute Gasteiger partial charge is 0.226 e. The molecule has 0 bridgehead atoms. The number of anilines is 2. The third kappa shape index (κ3) is 4.76. The zero-order chi connectivity index (χ0) is 15.2. The van der Waals surface area contributed by atoms with Crippen molar-refractivity contribution >= 4 is 23.2 Å². The van der Waals surface area contributed by atoms with E-state index in [0.29, 0.717) is 24.3 Å². The van der Waals surface area contributed by atoms with Crippen LogP contribution in [0.2, 0.25) is 0 Å². The summed E-state index contributed by atoms with van der Waals surface area (Å²) < 4.78 is 1.74. The summed E-state index contributed by atoms with van der Waals surface area (Å²) in [5.74, 6) is -0.197. The Kier molecular flexibility index (Phi) is 4.71. The monoisotopic (exact) mass is 286 g/mol. The van der Waals surface area contributed by atoms with Crippen LogP contribution in [0.15, 0.2) is 36.5 Å². The van der Waals surface area contributed by atoms with Gasteiger partial charge in [0.15, 0.2) is 0 Å². The molecule has 0 saturated heterocycles. The first-order valence-electron chi connectivity index (χ1n) is 6.70. The van der Waals surface area contributed by atoms with Gasteiger partial charge < -0.3 is 10.6 Å². The number of carbonyl (C=O) groups is 2. The fourth-order valence-electron chi connectivity index (χ4n) is 1.87. The van der Waals surface area contributed by atoms with Gasteiger partial charge in [-0.3, -0.25) is 14.3 Å². The van der Waals surface area contributed by atoms with Crippen LogP contribution in [0.25, 0.3) is 0 Å². The number of aromatic nitrogens is 2. The highest BCUT2D eigenvalue weighted by molar-refractivity contribution is 5.92. The molecule has 1 aromatic carbocycles. The topological polar surface area (TPSA) is 76.0 Å². The van der Waals surface area contributed by atoms with Crippen molar-refractivity contribution in [2.24, 2.45) is 0 Å². The lowest BCUT2D eigenvalue weighted by atomic mass is 10.2. The molecule has 0 aliphatic heterocycles. The van der Waals surface area contributed by atoms with Crippen LogP contribution in [-0.4, -0.2) is 21.6 Å². The largest absolute Gasteiger partial charge is 0.326 e. The maximum atomic E-state index is 11.8. The van der Waals surface area contributed by atoms with E-state index in [2.05, 4.69) is 15.7 Å². The average molecular weight is 286 g/mol. The Labute approximate surface area is 123 Å². The number of nitrogens with one attached hydrogen (secondary N) is 2. The van der Waals surface area contributed by atoms with E-state index in [1.165, 1.54) is 6.92 Å². The Morgan fingerprint density at radius 2 is 1.71 bits per heavy atom. The van der Waals surface area contributed by atoms with Crippen LogP contribution >= 0.6 is 0 Å². The average Bonchev–Trinajstić information content (AvgIpc) is 2.84. The van der Waals surface area contributed by atoms with E-state index in [1.54, 1.807) is 28.9 Å². The molecule has 2 amide bonds. The number of hydrogen-bond donors (Lipinski definition) is 2. The highest BCUT2D eigenvalue weighted by Gasteiger charge is 2.04. The minimum Gasteiger partial charge on any atom is -0.326 e. The lowest BCUT2D eigenvalue weighted by Crippen LogP contribution is -2.14. The Morgan fingerprint density at radius 1 is 1.10 bits per heavy atom. The third-order valence-corrected chi connectivity index (χ3v) is 2.83. The molecule has 6 heteroatoms. The number of carbonyl (C=O) groups excluding carboxylic acids is 2. The van der Waals surface area contributed by atoms with Gasteiger partial charge in [0.1, 0.15) is 0 Å². The molecule has 2 aromatic rings. The van der Waals surface area contributed by atoms with Crippen molar-refractivity contribution in [3.05, 3.63) is 42.2 Å². The summed E-state index contributed by atoms with van der Waals surface area (Å²) >= 11 is 0. The lowest BCUT2D eigenvalue weighted by Gasteiger charge is -2.07. The van der Waals surface area contributed by atoms with Crippen LogP contribution in [0.4, 0.5) is 11.4 Å². The maximum Gasteiger partial charge on any atom is 0.226 e. The third-order valence-electron chi connectivity index (χ3n) is 2.83. The Hall–Kier alpha value is -2.63. The van der Waals surface area contributed by atoms with Gasteiger partial charge in [-0.05, 0) is 37.3 Å². The Morgan fingerprint density at radius 3 is 2.24 bits per heavy atom. The first-order valence-corrected chi connectivity index (χ1v) is 6.70. The van der Waals surface area contributed by atoms with Gasteiger partial charge in [0.25, 0.3) is 0 Å². The molecule has 0 aliphatic rings. The van der Waals surface area contributed by atoms with Crippen LogP contribution in [0.1, 0.15) is 19.0 Å². The zero-order valence-electron chi connectivity index (χ0n) is 12.1. The first kappa shape index (κ1) is 14.8. The van der Waals surface area contributed by atoms with E-state index >= 15 is 0 Å². The molecule has 21 heavy (non-hydrogen) atoms. The first-order chi connectivity index (χ1) is 10.0.